The van der Waals surface area contributed by atoms with Crippen molar-refractivity contribution in [2.24, 2.45) is 17.3 Å². The van der Waals surface area contributed by atoms with Crippen LogP contribution >= 0.6 is 0 Å². The molecule has 5 nitrogen and oxygen atoms in total. The third kappa shape index (κ3) is 4.22. The molecular weight excluding hydrogens is 258 g/mol. The van der Waals surface area contributed by atoms with E-state index in [1.165, 1.54) is 0 Å². The molecule has 0 fully saturated rings. The highest BCUT2D eigenvalue weighted by Crippen LogP contribution is 2.37. The molecule has 114 valence electrons. The van der Waals surface area contributed by atoms with Crippen LogP contribution in [-0.4, -0.2) is 25.2 Å². The molecule has 0 aromatic heterocycles. The monoisotopic (exact) mass is 283 g/mol. The van der Waals surface area contributed by atoms with E-state index in [1.54, 1.807) is 20.8 Å². The van der Waals surface area contributed by atoms with Crippen LogP contribution in [0.4, 0.5) is 0 Å². The van der Waals surface area contributed by atoms with Gasteiger partial charge in [0.2, 0.25) is 0 Å². The second-order valence-electron chi connectivity index (χ2n) is 5.09. The molecule has 0 radical (unpaired) electrons. The van der Waals surface area contributed by atoms with Crippen LogP contribution in [0.1, 0.15) is 47.5 Å². The van der Waals surface area contributed by atoms with Gasteiger partial charge in [0.25, 0.3) is 0 Å². The summed E-state index contributed by atoms with van der Waals surface area (Å²) >= 11 is 0. The Hall–Kier alpha value is -1.57. The Bertz CT molecular complexity index is 373. The van der Waals surface area contributed by atoms with Crippen LogP contribution in [0.25, 0.3) is 0 Å². The third-order valence-electron chi connectivity index (χ3n) is 3.27. The molecule has 5 heteroatoms. The van der Waals surface area contributed by atoms with E-state index in [1.807, 2.05) is 19.9 Å². The zero-order chi connectivity index (χ0) is 15.8. The van der Waals surface area contributed by atoms with E-state index in [-0.39, 0.29) is 25.6 Å². The van der Waals surface area contributed by atoms with Gasteiger partial charge in [-0.25, -0.2) is 0 Å². The fourth-order valence-corrected chi connectivity index (χ4v) is 2.21. The lowest BCUT2D eigenvalue weighted by molar-refractivity contribution is -0.166. The molecule has 0 bridgehead atoms. The van der Waals surface area contributed by atoms with Crippen LogP contribution in [0.5, 0.6) is 0 Å². The molecule has 0 aliphatic carbocycles. The topological polar surface area (TPSA) is 76.4 Å². The van der Waals surface area contributed by atoms with Gasteiger partial charge in [0, 0.05) is 0 Å². The molecule has 2 atom stereocenters. The molecule has 0 saturated carbocycles. The predicted molar refractivity (Wildman–Crippen MR) is 74.5 cm³/mol. The fraction of sp³-hybridized carbons (Fsp3) is 0.800. The number of hydrogen-bond donors (Lipinski definition) is 0. The molecule has 0 spiro atoms. The average molecular weight is 283 g/mol. The van der Waals surface area contributed by atoms with Gasteiger partial charge >= 0.3 is 11.9 Å². The number of esters is 2. The molecule has 2 unspecified atom stereocenters. The second kappa shape index (κ2) is 8.57. The normalized spacial score (nSPS) is 15.1. The molecule has 20 heavy (non-hydrogen) atoms. The number of ether oxygens (including phenoxy) is 2. The van der Waals surface area contributed by atoms with Crippen molar-refractivity contribution in [1.82, 2.24) is 0 Å². The summed E-state index contributed by atoms with van der Waals surface area (Å²) in [5.74, 6) is -1.77. The first kappa shape index (κ1) is 18.4. The lowest BCUT2D eigenvalue weighted by Gasteiger charge is -2.31. The van der Waals surface area contributed by atoms with E-state index in [9.17, 15) is 14.9 Å². The van der Waals surface area contributed by atoms with Gasteiger partial charge in [-0.05, 0) is 32.6 Å². The summed E-state index contributed by atoms with van der Waals surface area (Å²) in [7, 11) is 0. The highest BCUT2D eigenvalue weighted by molar-refractivity contribution is 5.88. The molecule has 0 saturated heterocycles. The van der Waals surface area contributed by atoms with E-state index in [0.717, 1.165) is 0 Å². The predicted octanol–water partition coefficient (Wildman–Crippen LogP) is 2.69. The van der Waals surface area contributed by atoms with Crippen LogP contribution in [0.2, 0.25) is 0 Å². The van der Waals surface area contributed by atoms with E-state index in [4.69, 9.17) is 9.47 Å². The number of carbonyl (C=O) groups is 2. The summed E-state index contributed by atoms with van der Waals surface area (Å²) in [4.78, 5) is 24.4. The minimum atomic E-state index is -1.47. The Labute approximate surface area is 121 Å². The summed E-state index contributed by atoms with van der Waals surface area (Å²) in [6, 6.07) is 2.02. The van der Waals surface area contributed by atoms with Crippen LogP contribution in [-0.2, 0) is 19.1 Å². The van der Waals surface area contributed by atoms with Crippen LogP contribution in [0.15, 0.2) is 0 Å². The quantitative estimate of drug-likeness (QED) is 0.640. The minimum Gasteiger partial charge on any atom is -0.466 e. The van der Waals surface area contributed by atoms with Gasteiger partial charge < -0.3 is 9.47 Å². The third-order valence-corrected chi connectivity index (χ3v) is 3.27. The summed E-state index contributed by atoms with van der Waals surface area (Å²) in [5.41, 5.74) is -1.47. The van der Waals surface area contributed by atoms with Gasteiger partial charge in [0.1, 0.15) is 0 Å². The Morgan fingerprint density at radius 2 is 1.70 bits per heavy atom. The first-order valence-corrected chi connectivity index (χ1v) is 7.14. The van der Waals surface area contributed by atoms with Crippen molar-refractivity contribution in [3.05, 3.63) is 0 Å². The number of nitriles is 1. The average Bonchev–Trinajstić information content (AvgIpc) is 2.39. The second-order valence-corrected chi connectivity index (χ2v) is 5.09. The van der Waals surface area contributed by atoms with Crippen molar-refractivity contribution < 1.29 is 19.1 Å². The maximum atomic E-state index is 12.2. The van der Waals surface area contributed by atoms with Crippen LogP contribution in [0, 0.1) is 28.6 Å². The highest BCUT2D eigenvalue weighted by atomic mass is 16.5. The van der Waals surface area contributed by atoms with E-state index in [0.29, 0.717) is 6.42 Å². The highest BCUT2D eigenvalue weighted by Gasteiger charge is 2.50. The Balaban J connectivity index is 5.58. The van der Waals surface area contributed by atoms with Crippen molar-refractivity contribution in [2.45, 2.75) is 47.5 Å². The Morgan fingerprint density at radius 1 is 1.15 bits per heavy atom. The molecule has 0 amide bonds. The Kier molecular flexibility index (Phi) is 7.90. The van der Waals surface area contributed by atoms with Crippen molar-refractivity contribution in [3.8, 4) is 6.07 Å². The zero-order valence-electron chi connectivity index (χ0n) is 13.1. The summed E-state index contributed by atoms with van der Waals surface area (Å²) < 4.78 is 10.1. The SMILES string of the molecule is CCOC(=O)C(CC(C)C)C(C#N)(CC)C(=O)OCC. The van der Waals surface area contributed by atoms with Gasteiger partial charge in [0.15, 0.2) is 5.41 Å². The van der Waals surface area contributed by atoms with Crippen molar-refractivity contribution in [2.75, 3.05) is 13.2 Å². The lowest BCUT2D eigenvalue weighted by atomic mass is 9.71. The minimum absolute atomic E-state index is 0.165. The van der Waals surface area contributed by atoms with E-state index < -0.39 is 23.3 Å². The van der Waals surface area contributed by atoms with Crippen molar-refractivity contribution >= 4 is 11.9 Å². The number of carbonyl (C=O) groups excluding carboxylic acids is 2. The van der Waals surface area contributed by atoms with Crippen molar-refractivity contribution in [3.63, 3.8) is 0 Å². The van der Waals surface area contributed by atoms with E-state index >= 15 is 0 Å². The van der Waals surface area contributed by atoms with Gasteiger partial charge in [-0.3, -0.25) is 9.59 Å². The maximum Gasteiger partial charge on any atom is 0.327 e. The largest absolute Gasteiger partial charge is 0.466 e. The first-order chi connectivity index (χ1) is 9.39. The summed E-state index contributed by atoms with van der Waals surface area (Å²) in [6.07, 6.45) is 0.636. The number of rotatable bonds is 8. The lowest BCUT2D eigenvalue weighted by Crippen LogP contribution is -2.43. The molecule has 0 N–H and O–H groups in total. The number of nitrogens with zero attached hydrogens (tertiary/aromatic N) is 1. The van der Waals surface area contributed by atoms with Gasteiger partial charge in [-0.2, -0.15) is 5.26 Å². The Morgan fingerprint density at radius 3 is 2.05 bits per heavy atom. The van der Waals surface area contributed by atoms with Gasteiger partial charge in [0.05, 0.1) is 25.2 Å². The van der Waals surface area contributed by atoms with E-state index in [2.05, 4.69) is 0 Å². The molecule has 0 rings (SSSR count). The van der Waals surface area contributed by atoms with Crippen LogP contribution in [0.3, 0.4) is 0 Å². The smallest absolute Gasteiger partial charge is 0.327 e. The maximum absolute atomic E-state index is 12.2. The van der Waals surface area contributed by atoms with Crippen molar-refractivity contribution in [1.29, 1.82) is 5.26 Å². The first-order valence-electron chi connectivity index (χ1n) is 7.14. The molecule has 0 heterocycles. The fourth-order valence-electron chi connectivity index (χ4n) is 2.21. The molecule has 0 aromatic rings. The van der Waals surface area contributed by atoms with Crippen LogP contribution < -0.4 is 0 Å². The summed E-state index contributed by atoms with van der Waals surface area (Å²) in [6.45, 7) is 9.38. The number of hydrogen-bond acceptors (Lipinski definition) is 5. The molecule has 0 aromatic carbocycles. The standard InChI is InChI=1S/C15H25NO4/c1-6-15(10-16,14(18)20-8-3)12(9-11(4)5)13(17)19-7-2/h11-12H,6-9H2,1-5H3. The zero-order valence-corrected chi connectivity index (χ0v) is 13.1. The van der Waals surface area contributed by atoms with Gasteiger partial charge in [-0.15, -0.1) is 0 Å². The summed E-state index contributed by atoms with van der Waals surface area (Å²) in [5, 5.41) is 9.52. The molecule has 0 aliphatic heterocycles. The molecule has 0 aliphatic rings. The molecular formula is C15H25NO4. The van der Waals surface area contributed by atoms with Gasteiger partial charge in [-0.1, -0.05) is 20.8 Å².